The first kappa shape index (κ1) is 12.8. The van der Waals surface area contributed by atoms with Crippen LogP contribution in [0.5, 0.6) is 0 Å². The largest absolute Gasteiger partial charge is 0.305 e. The summed E-state index contributed by atoms with van der Waals surface area (Å²) in [6.07, 6.45) is 4.17. The van der Waals surface area contributed by atoms with Gasteiger partial charge in [-0.05, 0) is 36.4 Å². The molecule has 1 heterocycles. The van der Waals surface area contributed by atoms with Crippen LogP contribution in [0.4, 0.5) is 0 Å². The SMILES string of the molecule is CNC1(c2nccs2)CCC(C)(C)c2ccccc21. The van der Waals surface area contributed by atoms with Gasteiger partial charge in [0.2, 0.25) is 0 Å². The van der Waals surface area contributed by atoms with Crippen LogP contribution in [0.2, 0.25) is 0 Å². The summed E-state index contributed by atoms with van der Waals surface area (Å²) < 4.78 is 0. The van der Waals surface area contributed by atoms with Gasteiger partial charge in [0, 0.05) is 11.6 Å². The minimum atomic E-state index is -0.111. The molecule has 2 nitrogen and oxygen atoms in total. The predicted octanol–water partition coefficient (Wildman–Crippen LogP) is 3.68. The van der Waals surface area contributed by atoms with Crippen molar-refractivity contribution in [1.29, 1.82) is 0 Å². The molecule has 0 aliphatic heterocycles. The van der Waals surface area contributed by atoms with Crippen LogP contribution < -0.4 is 5.32 Å². The molecule has 100 valence electrons. The summed E-state index contributed by atoms with van der Waals surface area (Å²) in [6, 6.07) is 8.82. The summed E-state index contributed by atoms with van der Waals surface area (Å²) in [6.45, 7) is 4.68. The molecule has 3 heteroatoms. The molecule has 2 aromatic rings. The first-order valence-corrected chi connectivity index (χ1v) is 7.67. The Kier molecular flexibility index (Phi) is 2.99. The lowest BCUT2D eigenvalue weighted by atomic mass is 9.65. The number of thiazole rings is 1. The number of benzene rings is 1. The van der Waals surface area contributed by atoms with E-state index < -0.39 is 0 Å². The molecule has 0 radical (unpaired) electrons. The quantitative estimate of drug-likeness (QED) is 0.902. The molecule has 0 spiro atoms. The molecule has 3 rings (SSSR count). The van der Waals surface area contributed by atoms with E-state index in [4.69, 9.17) is 0 Å². The molecule has 1 aliphatic rings. The Labute approximate surface area is 118 Å². The van der Waals surface area contributed by atoms with Gasteiger partial charge in [0.05, 0.1) is 5.54 Å². The molecule has 1 aromatic heterocycles. The molecule has 1 aliphatic carbocycles. The van der Waals surface area contributed by atoms with Crippen LogP contribution in [0.1, 0.15) is 42.8 Å². The van der Waals surface area contributed by atoms with Crippen molar-refractivity contribution in [2.45, 2.75) is 37.6 Å². The fourth-order valence-electron chi connectivity index (χ4n) is 3.24. The number of hydrogen-bond acceptors (Lipinski definition) is 3. The summed E-state index contributed by atoms with van der Waals surface area (Å²) in [4.78, 5) is 4.59. The van der Waals surface area contributed by atoms with Crippen LogP contribution in [0, 0.1) is 0 Å². The van der Waals surface area contributed by atoms with Crippen LogP contribution in [0.25, 0.3) is 0 Å². The minimum Gasteiger partial charge on any atom is -0.305 e. The maximum absolute atomic E-state index is 4.59. The monoisotopic (exact) mass is 272 g/mol. The van der Waals surface area contributed by atoms with Crippen LogP contribution in [-0.4, -0.2) is 12.0 Å². The Hall–Kier alpha value is -1.19. The lowest BCUT2D eigenvalue weighted by Crippen LogP contribution is -2.47. The zero-order chi connectivity index (χ0) is 13.5. The molecular weight excluding hydrogens is 252 g/mol. The van der Waals surface area contributed by atoms with E-state index in [1.807, 2.05) is 6.20 Å². The lowest BCUT2D eigenvalue weighted by molar-refractivity contribution is 0.299. The van der Waals surface area contributed by atoms with Gasteiger partial charge < -0.3 is 5.32 Å². The number of nitrogens with one attached hydrogen (secondary N) is 1. The predicted molar refractivity (Wildman–Crippen MR) is 80.7 cm³/mol. The molecule has 19 heavy (non-hydrogen) atoms. The smallest absolute Gasteiger partial charge is 0.117 e. The number of rotatable bonds is 2. The van der Waals surface area contributed by atoms with E-state index in [0.29, 0.717) is 0 Å². The number of hydrogen-bond donors (Lipinski definition) is 1. The highest BCUT2D eigenvalue weighted by Crippen LogP contribution is 2.47. The summed E-state index contributed by atoms with van der Waals surface area (Å²) in [5.41, 5.74) is 2.98. The second kappa shape index (κ2) is 4.43. The van der Waals surface area contributed by atoms with Crippen molar-refractivity contribution in [3.8, 4) is 0 Å². The van der Waals surface area contributed by atoms with E-state index in [0.717, 1.165) is 6.42 Å². The summed E-state index contributed by atoms with van der Waals surface area (Å²) >= 11 is 1.74. The van der Waals surface area contributed by atoms with Crippen LogP contribution in [0.15, 0.2) is 35.8 Å². The summed E-state index contributed by atoms with van der Waals surface area (Å²) in [7, 11) is 2.05. The Morgan fingerprint density at radius 2 is 1.89 bits per heavy atom. The molecule has 0 saturated carbocycles. The van der Waals surface area contributed by atoms with Crippen molar-refractivity contribution in [3.05, 3.63) is 52.0 Å². The number of fused-ring (bicyclic) bond motifs is 1. The lowest BCUT2D eigenvalue weighted by Gasteiger charge is -2.44. The second-order valence-corrected chi connectivity index (χ2v) is 6.82. The molecule has 1 N–H and O–H groups in total. The van der Waals surface area contributed by atoms with Gasteiger partial charge in [-0.25, -0.2) is 4.98 Å². The zero-order valence-electron chi connectivity index (χ0n) is 11.7. The minimum absolute atomic E-state index is 0.111. The van der Waals surface area contributed by atoms with Gasteiger partial charge in [-0.15, -0.1) is 11.3 Å². The van der Waals surface area contributed by atoms with Crippen LogP contribution in [0.3, 0.4) is 0 Å². The highest BCUT2D eigenvalue weighted by molar-refractivity contribution is 7.09. The van der Waals surface area contributed by atoms with Gasteiger partial charge in [-0.1, -0.05) is 38.1 Å². The Morgan fingerprint density at radius 1 is 1.16 bits per heavy atom. The van der Waals surface area contributed by atoms with Crippen molar-refractivity contribution < 1.29 is 0 Å². The fraction of sp³-hybridized carbons (Fsp3) is 0.438. The van der Waals surface area contributed by atoms with E-state index in [-0.39, 0.29) is 11.0 Å². The van der Waals surface area contributed by atoms with Gasteiger partial charge in [-0.3, -0.25) is 0 Å². The van der Waals surface area contributed by atoms with Crippen molar-refractivity contribution >= 4 is 11.3 Å². The van der Waals surface area contributed by atoms with E-state index in [2.05, 4.69) is 60.8 Å². The average Bonchev–Trinajstić information content (AvgIpc) is 2.94. The fourth-order valence-corrected chi connectivity index (χ4v) is 4.13. The van der Waals surface area contributed by atoms with E-state index in [1.165, 1.54) is 22.6 Å². The Balaban J connectivity index is 2.24. The third kappa shape index (κ3) is 1.84. The molecule has 0 saturated heterocycles. The molecule has 0 amide bonds. The van der Waals surface area contributed by atoms with Crippen molar-refractivity contribution in [3.63, 3.8) is 0 Å². The maximum atomic E-state index is 4.59. The number of aromatic nitrogens is 1. The number of nitrogens with zero attached hydrogens (tertiary/aromatic N) is 1. The van der Waals surface area contributed by atoms with Gasteiger partial charge in [-0.2, -0.15) is 0 Å². The van der Waals surface area contributed by atoms with Gasteiger partial charge in [0.1, 0.15) is 5.01 Å². The molecule has 0 bridgehead atoms. The average molecular weight is 272 g/mol. The zero-order valence-corrected chi connectivity index (χ0v) is 12.6. The third-order valence-electron chi connectivity index (χ3n) is 4.47. The molecular formula is C16H20N2S. The molecule has 1 atom stereocenters. The van der Waals surface area contributed by atoms with Gasteiger partial charge in [0.25, 0.3) is 0 Å². The summed E-state index contributed by atoms with van der Waals surface area (Å²) in [5, 5.41) is 6.81. The summed E-state index contributed by atoms with van der Waals surface area (Å²) in [5.74, 6) is 0. The molecule has 1 unspecified atom stereocenters. The molecule has 0 fully saturated rings. The van der Waals surface area contributed by atoms with E-state index >= 15 is 0 Å². The van der Waals surface area contributed by atoms with Crippen molar-refractivity contribution in [1.82, 2.24) is 10.3 Å². The van der Waals surface area contributed by atoms with Crippen molar-refractivity contribution in [2.75, 3.05) is 7.05 Å². The highest BCUT2D eigenvalue weighted by Gasteiger charge is 2.44. The Morgan fingerprint density at radius 3 is 2.53 bits per heavy atom. The highest BCUT2D eigenvalue weighted by atomic mass is 32.1. The van der Waals surface area contributed by atoms with Gasteiger partial charge in [0.15, 0.2) is 0 Å². The first-order valence-electron chi connectivity index (χ1n) is 6.79. The van der Waals surface area contributed by atoms with Crippen molar-refractivity contribution in [2.24, 2.45) is 0 Å². The van der Waals surface area contributed by atoms with Gasteiger partial charge >= 0.3 is 0 Å². The topological polar surface area (TPSA) is 24.9 Å². The van der Waals surface area contributed by atoms with Crippen LogP contribution in [-0.2, 0) is 11.0 Å². The van der Waals surface area contributed by atoms with Crippen LogP contribution >= 0.6 is 11.3 Å². The Bertz CT molecular complexity index is 574. The standard InChI is InChI=1S/C16H20N2S/c1-15(2)8-9-16(17-3,14-18-10-11-19-14)13-7-5-4-6-12(13)15/h4-7,10-11,17H,8-9H2,1-3H3. The van der Waals surface area contributed by atoms with E-state index in [9.17, 15) is 0 Å². The first-order chi connectivity index (χ1) is 9.10. The third-order valence-corrected chi connectivity index (χ3v) is 5.40. The second-order valence-electron chi connectivity index (χ2n) is 5.92. The maximum Gasteiger partial charge on any atom is 0.117 e. The molecule has 1 aromatic carbocycles. The normalized spacial score (nSPS) is 25.0. The van der Waals surface area contributed by atoms with E-state index in [1.54, 1.807) is 11.3 Å².